The lowest BCUT2D eigenvalue weighted by molar-refractivity contribution is 0.0489. The van der Waals surface area contributed by atoms with Crippen LogP contribution in [0.25, 0.3) is 11.0 Å². The normalized spacial score (nSPS) is 11.1. The Kier molecular flexibility index (Phi) is 5.58. The number of nitrogens with zero attached hydrogens (tertiary/aromatic N) is 1. The van der Waals surface area contributed by atoms with Crippen molar-refractivity contribution in [2.45, 2.75) is 20.0 Å². The molecule has 5 nitrogen and oxygen atoms in total. The van der Waals surface area contributed by atoms with Crippen molar-refractivity contribution in [2.75, 3.05) is 20.8 Å². The highest BCUT2D eigenvalue weighted by atomic mass is 16.5. The average molecular weight is 353 g/mol. The SMILES string of the molecule is CCOC(=O)c1oc2ccccc2c1CN(C)Cc1ccccc1OC. The second-order valence-electron chi connectivity index (χ2n) is 6.11. The van der Waals surface area contributed by atoms with Gasteiger partial charge in [-0.05, 0) is 26.1 Å². The van der Waals surface area contributed by atoms with Gasteiger partial charge in [0.1, 0.15) is 11.3 Å². The Morgan fingerprint density at radius 3 is 2.58 bits per heavy atom. The number of hydrogen-bond donors (Lipinski definition) is 0. The fourth-order valence-electron chi connectivity index (χ4n) is 3.07. The number of carbonyl (C=O) groups excluding carboxylic acids is 1. The van der Waals surface area contributed by atoms with Gasteiger partial charge in [-0.25, -0.2) is 4.79 Å². The molecule has 0 N–H and O–H groups in total. The first-order valence-corrected chi connectivity index (χ1v) is 8.62. The van der Waals surface area contributed by atoms with Crippen molar-refractivity contribution in [3.05, 3.63) is 65.4 Å². The van der Waals surface area contributed by atoms with Crippen LogP contribution in [0, 0.1) is 0 Å². The molecule has 0 radical (unpaired) electrons. The molecule has 0 aliphatic rings. The van der Waals surface area contributed by atoms with E-state index in [1.54, 1.807) is 14.0 Å². The van der Waals surface area contributed by atoms with E-state index in [-0.39, 0.29) is 5.76 Å². The molecule has 136 valence electrons. The summed E-state index contributed by atoms with van der Waals surface area (Å²) in [6.07, 6.45) is 0. The number of ether oxygens (including phenoxy) is 2. The second kappa shape index (κ2) is 8.06. The fraction of sp³-hybridized carbons (Fsp3) is 0.286. The molecule has 0 aliphatic carbocycles. The summed E-state index contributed by atoms with van der Waals surface area (Å²) in [5, 5.41) is 0.933. The minimum atomic E-state index is -0.426. The van der Waals surface area contributed by atoms with Gasteiger partial charge in [-0.2, -0.15) is 0 Å². The number of methoxy groups -OCH3 is 1. The van der Waals surface area contributed by atoms with E-state index < -0.39 is 5.97 Å². The maximum Gasteiger partial charge on any atom is 0.374 e. The minimum absolute atomic E-state index is 0.278. The van der Waals surface area contributed by atoms with Crippen molar-refractivity contribution in [2.24, 2.45) is 0 Å². The quantitative estimate of drug-likeness (QED) is 0.594. The molecule has 0 unspecified atom stereocenters. The number of esters is 1. The van der Waals surface area contributed by atoms with Crippen molar-refractivity contribution in [1.82, 2.24) is 4.90 Å². The zero-order chi connectivity index (χ0) is 18.5. The molecule has 2 aromatic carbocycles. The zero-order valence-electron chi connectivity index (χ0n) is 15.3. The highest BCUT2D eigenvalue weighted by Gasteiger charge is 2.22. The third-order valence-electron chi connectivity index (χ3n) is 4.22. The molecule has 1 aromatic heterocycles. The largest absolute Gasteiger partial charge is 0.496 e. The topological polar surface area (TPSA) is 51.9 Å². The Balaban J connectivity index is 1.89. The van der Waals surface area contributed by atoms with Crippen LogP contribution in [-0.4, -0.2) is 31.6 Å². The lowest BCUT2D eigenvalue weighted by Gasteiger charge is -2.18. The Morgan fingerprint density at radius 1 is 1.08 bits per heavy atom. The maximum atomic E-state index is 12.3. The van der Waals surface area contributed by atoms with Crippen LogP contribution in [0.4, 0.5) is 0 Å². The average Bonchev–Trinajstić information content (AvgIpc) is 3.01. The Hall–Kier alpha value is -2.79. The summed E-state index contributed by atoms with van der Waals surface area (Å²) in [4.78, 5) is 14.4. The predicted octanol–water partition coefficient (Wildman–Crippen LogP) is 4.25. The van der Waals surface area contributed by atoms with Crippen LogP contribution in [0.15, 0.2) is 52.9 Å². The van der Waals surface area contributed by atoms with E-state index in [1.807, 2.05) is 55.6 Å². The fourth-order valence-corrected chi connectivity index (χ4v) is 3.07. The van der Waals surface area contributed by atoms with E-state index in [4.69, 9.17) is 13.9 Å². The molecular weight excluding hydrogens is 330 g/mol. The minimum Gasteiger partial charge on any atom is -0.496 e. The summed E-state index contributed by atoms with van der Waals surface area (Å²) < 4.78 is 16.4. The maximum absolute atomic E-state index is 12.3. The van der Waals surface area contributed by atoms with Crippen molar-refractivity contribution >= 4 is 16.9 Å². The summed E-state index contributed by atoms with van der Waals surface area (Å²) >= 11 is 0. The number of furan rings is 1. The Labute approximate surface area is 153 Å². The lowest BCUT2D eigenvalue weighted by Crippen LogP contribution is -2.19. The summed E-state index contributed by atoms with van der Waals surface area (Å²) in [5.74, 6) is 0.700. The first-order chi connectivity index (χ1) is 12.6. The van der Waals surface area contributed by atoms with Crippen molar-refractivity contribution < 1.29 is 18.7 Å². The monoisotopic (exact) mass is 353 g/mol. The molecule has 0 fully saturated rings. The van der Waals surface area contributed by atoms with Gasteiger partial charge in [-0.3, -0.25) is 4.90 Å². The molecule has 0 spiro atoms. The number of benzene rings is 2. The highest BCUT2D eigenvalue weighted by molar-refractivity contribution is 5.96. The van der Waals surface area contributed by atoms with E-state index in [2.05, 4.69) is 4.90 Å². The van der Waals surface area contributed by atoms with Gasteiger partial charge in [0, 0.05) is 29.6 Å². The van der Waals surface area contributed by atoms with Crippen LogP contribution in [0.2, 0.25) is 0 Å². The lowest BCUT2D eigenvalue weighted by atomic mass is 10.1. The molecular formula is C21H23NO4. The Morgan fingerprint density at radius 2 is 1.81 bits per heavy atom. The first kappa shape index (κ1) is 18.0. The molecule has 26 heavy (non-hydrogen) atoms. The number of hydrogen-bond acceptors (Lipinski definition) is 5. The molecule has 5 heteroatoms. The standard InChI is InChI=1S/C21H23NO4/c1-4-25-21(23)20-17(16-10-6-8-12-19(16)26-20)14-22(2)13-15-9-5-7-11-18(15)24-3/h5-12H,4,13-14H2,1-3H3. The van der Waals surface area contributed by atoms with Crippen molar-refractivity contribution in [3.63, 3.8) is 0 Å². The zero-order valence-corrected chi connectivity index (χ0v) is 15.3. The third kappa shape index (κ3) is 3.73. The summed E-state index contributed by atoms with van der Waals surface area (Å²) in [6.45, 7) is 3.34. The molecule has 0 saturated carbocycles. The smallest absolute Gasteiger partial charge is 0.374 e. The molecule has 1 heterocycles. The number of carbonyl (C=O) groups is 1. The predicted molar refractivity (Wildman–Crippen MR) is 100 cm³/mol. The second-order valence-corrected chi connectivity index (χ2v) is 6.11. The van der Waals surface area contributed by atoms with Crippen LogP contribution in [-0.2, 0) is 17.8 Å². The van der Waals surface area contributed by atoms with Gasteiger partial charge < -0.3 is 13.9 Å². The molecule has 0 aliphatic heterocycles. The molecule has 0 bridgehead atoms. The van der Waals surface area contributed by atoms with Gasteiger partial charge in [0.25, 0.3) is 0 Å². The number of fused-ring (bicyclic) bond motifs is 1. The van der Waals surface area contributed by atoms with Gasteiger partial charge in [-0.15, -0.1) is 0 Å². The van der Waals surface area contributed by atoms with Crippen molar-refractivity contribution in [3.8, 4) is 5.75 Å². The van der Waals surface area contributed by atoms with Crippen LogP contribution in [0.3, 0.4) is 0 Å². The van der Waals surface area contributed by atoms with E-state index in [1.165, 1.54) is 0 Å². The van der Waals surface area contributed by atoms with E-state index in [0.717, 1.165) is 22.3 Å². The van der Waals surface area contributed by atoms with E-state index in [9.17, 15) is 4.79 Å². The Bertz CT molecular complexity index is 900. The van der Waals surface area contributed by atoms with Gasteiger partial charge in [0.05, 0.1) is 13.7 Å². The number of para-hydroxylation sites is 2. The molecule has 0 amide bonds. The van der Waals surface area contributed by atoms with Gasteiger partial charge in [0.15, 0.2) is 0 Å². The van der Waals surface area contributed by atoms with Crippen LogP contribution in [0.5, 0.6) is 5.75 Å². The third-order valence-corrected chi connectivity index (χ3v) is 4.22. The highest BCUT2D eigenvalue weighted by Crippen LogP contribution is 2.28. The number of rotatable bonds is 7. The van der Waals surface area contributed by atoms with E-state index >= 15 is 0 Å². The molecule has 3 rings (SSSR count). The van der Waals surface area contributed by atoms with Gasteiger partial charge >= 0.3 is 5.97 Å². The van der Waals surface area contributed by atoms with Crippen molar-refractivity contribution in [1.29, 1.82) is 0 Å². The first-order valence-electron chi connectivity index (χ1n) is 8.62. The summed E-state index contributed by atoms with van der Waals surface area (Å²) in [6, 6.07) is 15.6. The van der Waals surface area contributed by atoms with Gasteiger partial charge in [0.2, 0.25) is 5.76 Å². The summed E-state index contributed by atoms with van der Waals surface area (Å²) in [7, 11) is 3.67. The molecule has 0 saturated heterocycles. The van der Waals surface area contributed by atoms with E-state index in [0.29, 0.717) is 25.3 Å². The van der Waals surface area contributed by atoms with Crippen LogP contribution >= 0.6 is 0 Å². The molecule has 3 aromatic rings. The van der Waals surface area contributed by atoms with Crippen LogP contribution < -0.4 is 4.74 Å². The van der Waals surface area contributed by atoms with Crippen LogP contribution in [0.1, 0.15) is 28.6 Å². The van der Waals surface area contributed by atoms with Gasteiger partial charge in [-0.1, -0.05) is 36.4 Å². The molecule has 0 atom stereocenters. The summed E-state index contributed by atoms with van der Waals surface area (Å²) in [5.41, 5.74) is 2.62.